The second kappa shape index (κ2) is 8.44. The quantitative estimate of drug-likeness (QED) is 0.445. The molecule has 0 atom stereocenters. The lowest BCUT2D eigenvalue weighted by atomic mass is 10.1. The van der Waals surface area contributed by atoms with Gasteiger partial charge in [-0.2, -0.15) is 0 Å². The second-order valence-corrected chi connectivity index (χ2v) is 7.65. The van der Waals surface area contributed by atoms with Crippen LogP contribution in [0.5, 0.6) is 5.75 Å². The molecule has 2 aromatic heterocycles. The van der Waals surface area contributed by atoms with Crippen LogP contribution in [0.15, 0.2) is 47.1 Å². The topological polar surface area (TPSA) is 124 Å². The van der Waals surface area contributed by atoms with Gasteiger partial charge < -0.3 is 24.5 Å². The van der Waals surface area contributed by atoms with Gasteiger partial charge >= 0.3 is 5.97 Å². The van der Waals surface area contributed by atoms with Crippen molar-refractivity contribution in [3.63, 3.8) is 0 Å². The molecule has 10 heteroatoms. The molecular formula is C21H16N2O7S. The number of carbonyl (C=O) groups is 4. The van der Waals surface area contributed by atoms with Crippen LogP contribution in [0.1, 0.15) is 36.1 Å². The Balaban J connectivity index is 1.38. The van der Waals surface area contributed by atoms with Gasteiger partial charge in [0.2, 0.25) is 0 Å². The minimum atomic E-state index is -0.677. The van der Waals surface area contributed by atoms with Crippen LogP contribution in [0.4, 0.5) is 10.7 Å². The molecule has 9 nitrogen and oxygen atoms in total. The van der Waals surface area contributed by atoms with E-state index >= 15 is 0 Å². The number of Topliss-reactive ketones (excluding diaryl/α,β-unsaturated/α-hetero) is 1. The van der Waals surface area contributed by atoms with Crippen LogP contribution in [0.2, 0.25) is 0 Å². The van der Waals surface area contributed by atoms with Gasteiger partial charge in [-0.25, -0.2) is 4.79 Å². The molecule has 1 aliphatic rings. The zero-order valence-corrected chi connectivity index (χ0v) is 17.0. The van der Waals surface area contributed by atoms with Gasteiger partial charge in [-0.15, -0.1) is 11.3 Å². The van der Waals surface area contributed by atoms with Gasteiger partial charge in [0.05, 0.1) is 17.0 Å². The van der Waals surface area contributed by atoms with Crippen molar-refractivity contribution in [1.29, 1.82) is 0 Å². The number of hydrogen-bond donors (Lipinski definition) is 2. The van der Waals surface area contributed by atoms with Crippen LogP contribution in [0.25, 0.3) is 0 Å². The number of amides is 2. The van der Waals surface area contributed by atoms with Crippen molar-refractivity contribution in [3.05, 3.63) is 64.4 Å². The minimum Gasteiger partial charge on any atom is -0.482 e. The number of hydrogen-bond acceptors (Lipinski definition) is 8. The first-order valence-corrected chi connectivity index (χ1v) is 9.94. The van der Waals surface area contributed by atoms with Gasteiger partial charge in [0.25, 0.3) is 11.8 Å². The Hall–Kier alpha value is -3.92. The van der Waals surface area contributed by atoms with E-state index in [1.807, 2.05) is 0 Å². The fourth-order valence-corrected chi connectivity index (χ4v) is 3.83. The lowest BCUT2D eigenvalue weighted by Gasteiger charge is -2.18. The second-order valence-electron chi connectivity index (χ2n) is 6.60. The smallest absolute Gasteiger partial charge is 0.349 e. The van der Waals surface area contributed by atoms with Crippen molar-refractivity contribution in [1.82, 2.24) is 0 Å². The zero-order valence-electron chi connectivity index (χ0n) is 16.2. The number of ketones is 1. The number of furan rings is 1. The summed E-state index contributed by atoms with van der Waals surface area (Å²) in [7, 11) is 0. The predicted octanol–water partition coefficient (Wildman–Crippen LogP) is 3.27. The number of ether oxygens (including phenoxy) is 2. The largest absolute Gasteiger partial charge is 0.482 e. The van der Waals surface area contributed by atoms with Crippen LogP contribution in [-0.4, -0.2) is 36.8 Å². The molecule has 3 aromatic rings. The number of thiophene rings is 1. The van der Waals surface area contributed by atoms with Gasteiger partial charge in [0.15, 0.2) is 24.8 Å². The average molecular weight is 440 g/mol. The Morgan fingerprint density at radius 3 is 2.84 bits per heavy atom. The van der Waals surface area contributed by atoms with E-state index in [0.29, 0.717) is 22.0 Å². The maximum atomic E-state index is 12.4. The summed E-state index contributed by atoms with van der Waals surface area (Å²) in [6.45, 7) is 1.14. The number of anilines is 2. The SMILES string of the molecule is Cc1cc(NC(=O)c2ccco2)sc1C(=O)OCC(=O)c1ccc2c(c1)NC(=O)CO2. The first-order valence-electron chi connectivity index (χ1n) is 9.13. The van der Waals surface area contributed by atoms with E-state index < -0.39 is 24.3 Å². The Bertz CT molecular complexity index is 1180. The van der Waals surface area contributed by atoms with Crippen LogP contribution in [0, 0.1) is 6.92 Å². The number of benzene rings is 1. The van der Waals surface area contributed by atoms with Gasteiger partial charge in [-0.05, 0) is 48.9 Å². The average Bonchev–Trinajstić information content (AvgIpc) is 3.41. The van der Waals surface area contributed by atoms with Crippen molar-refractivity contribution in [3.8, 4) is 5.75 Å². The third kappa shape index (κ3) is 4.48. The van der Waals surface area contributed by atoms with Crippen molar-refractivity contribution in [2.24, 2.45) is 0 Å². The van der Waals surface area contributed by atoms with E-state index in [1.165, 1.54) is 24.5 Å². The zero-order chi connectivity index (χ0) is 22.0. The summed E-state index contributed by atoms with van der Waals surface area (Å²) in [6, 6.07) is 9.33. The highest BCUT2D eigenvalue weighted by Crippen LogP contribution is 2.29. The molecule has 31 heavy (non-hydrogen) atoms. The lowest BCUT2D eigenvalue weighted by Crippen LogP contribution is -2.25. The molecule has 0 bridgehead atoms. The summed E-state index contributed by atoms with van der Waals surface area (Å²) >= 11 is 1.04. The van der Waals surface area contributed by atoms with Gasteiger partial charge in [-0.3, -0.25) is 14.4 Å². The molecule has 4 rings (SSSR count). The highest BCUT2D eigenvalue weighted by molar-refractivity contribution is 7.18. The van der Waals surface area contributed by atoms with E-state index in [0.717, 1.165) is 11.3 Å². The van der Waals surface area contributed by atoms with Crippen molar-refractivity contribution < 1.29 is 33.1 Å². The highest BCUT2D eigenvalue weighted by Gasteiger charge is 2.21. The molecule has 2 N–H and O–H groups in total. The maximum Gasteiger partial charge on any atom is 0.349 e. The third-order valence-corrected chi connectivity index (χ3v) is 5.49. The Kier molecular flexibility index (Phi) is 5.54. The predicted molar refractivity (Wildman–Crippen MR) is 111 cm³/mol. The molecule has 0 saturated heterocycles. The number of rotatable bonds is 6. The summed E-state index contributed by atoms with van der Waals surface area (Å²) in [6.07, 6.45) is 1.39. The van der Waals surface area contributed by atoms with Gasteiger partial charge in [0.1, 0.15) is 10.6 Å². The Morgan fingerprint density at radius 2 is 2.06 bits per heavy atom. The van der Waals surface area contributed by atoms with Crippen LogP contribution in [-0.2, 0) is 9.53 Å². The minimum absolute atomic E-state index is 0.0813. The number of aryl methyl sites for hydroxylation is 1. The number of nitrogens with one attached hydrogen (secondary N) is 2. The number of carbonyl (C=O) groups excluding carboxylic acids is 4. The summed E-state index contributed by atoms with van der Waals surface area (Å²) < 4.78 is 15.4. The summed E-state index contributed by atoms with van der Waals surface area (Å²) in [4.78, 5) is 48.6. The molecule has 0 radical (unpaired) electrons. The van der Waals surface area contributed by atoms with Crippen molar-refractivity contribution >= 4 is 45.6 Å². The fraction of sp³-hybridized carbons (Fsp3) is 0.143. The molecule has 0 fully saturated rings. The van der Waals surface area contributed by atoms with Crippen molar-refractivity contribution in [2.75, 3.05) is 23.8 Å². The summed E-state index contributed by atoms with van der Waals surface area (Å²) in [5, 5.41) is 5.71. The molecule has 0 unspecified atom stereocenters. The first-order chi connectivity index (χ1) is 14.9. The summed E-state index contributed by atoms with van der Waals surface area (Å²) in [5.74, 6) is -1.25. The van der Waals surface area contributed by atoms with E-state index in [2.05, 4.69) is 10.6 Å². The van der Waals surface area contributed by atoms with E-state index in [9.17, 15) is 19.2 Å². The molecule has 1 aromatic carbocycles. The molecule has 3 heterocycles. The van der Waals surface area contributed by atoms with E-state index in [1.54, 1.807) is 25.1 Å². The molecule has 2 amide bonds. The molecule has 0 saturated carbocycles. The Morgan fingerprint density at radius 1 is 1.23 bits per heavy atom. The number of esters is 1. The van der Waals surface area contributed by atoms with Gasteiger partial charge in [-0.1, -0.05) is 0 Å². The number of fused-ring (bicyclic) bond motifs is 1. The van der Waals surface area contributed by atoms with Crippen molar-refractivity contribution in [2.45, 2.75) is 6.92 Å². The lowest BCUT2D eigenvalue weighted by molar-refractivity contribution is -0.118. The van der Waals surface area contributed by atoms with Gasteiger partial charge in [0, 0.05) is 5.56 Å². The van der Waals surface area contributed by atoms with Crippen LogP contribution >= 0.6 is 11.3 Å². The fourth-order valence-electron chi connectivity index (χ4n) is 2.86. The molecule has 1 aliphatic heterocycles. The van der Waals surface area contributed by atoms with E-state index in [4.69, 9.17) is 13.9 Å². The molecule has 0 aliphatic carbocycles. The van der Waals surface area contributed by atoms with E-state index in [-0.39, 0.29) is 28.7 Å². The third-order valence-electron chi connectivity index (χ3n) is 4.35. The maximum absolute atomic E-state index is 12.4. The highest BCUT2D eigenvalue weighted by atomic mass is 32.1. The standard InChI is InChI=1S/C21H16N2O7S/c1-11-7-18(23-20(26)16-3-2-6-28-16)31-19(11)21(27)30-9-14(24)12-4-5-15-13(8-12)22-17(25)10-29-15/h2-8H,9-10H2,1H3,(H,22,25)(H,23,26). The van der Waals surface area contributed by atoms with Crippen LogP contribution in [0.3, 0.4) is 0 Å². The monoisotopic (exact) mass is 440 g/mol. The molecular weight excluding hydrogens is 424 g/mol. The van der Waals surface area contributed by atoms with Crippen LogP contribution < -0.4 is 15.4 Å². The molecule has 158 valence electrons. The molecule has 0 spiro atoms. The normalized spacial score (nSPS) is 12.4. The first kappa shape index (κ1) is 20.4. The summed E-state index contributed by atoms with van der Waals surface area (Å²) in [5.41, 5.74) is 1.26. The Labute approximate surface area is 180 Å².